The van der Waals surface area contributed by atoms with E-state index in [4.69, 9.17) is 16.1 Å². The molecule has 2 aromatic carbocycles. The van der Waals surface area contributed by atoms with E-state index >= 15 is 0 Å². The van der Waals surface area contributed by atoms with Gasteiger partial charge < -0.3 is 9.42 Å². The maximum Gasteiger partial charge on any atom is 0.259 e. The fourth-order valence-corrected chi connectivity index (χ4v) is 4.86. The predicted octanol–water partition coefficient (Wildman–Crippen LogP) is 7.09. The molecule has 1 aromatic heterocycles. The van der Waals surface area contributed by atoms with Gasteiger partial charge in [0.25, 0.3) is 5.91 Å². The molecule has 0 radical (unpaired) electrons. The molecule has 0 saturated carbocycles. The van der Waals surface area contributed by atoms with Crippen molar-refractivity contribution in [2.45, 2.75) is 58.8 Å². The van der Waals surface area contributed by atoms with E-state index in [0.717, 1.165) is 38.8 Å². The smallest absolute Gasteiger partial charge is 0.259 e. The van der Waals surface area contributed by atoms with E-state index in [2.05, 4.69) is 50.2 Å². The lowest BCUT2D eigenvalue weighted by molar-refractivity contribution is 0.0668. The van der Waals surface area contributed by atoms with E-state index in [1.807, 2.05) is 30.0 Å². The number of amides is 1. The first-order chi connectivity index (χ1) is 15.7. The van der Waals surface area contributed by atoms with Crippen LogP contribution in [0.3, 0.4) is 0 Å². The van der Waals surface area contributed by atoms with Crippen molar-refractivity contribution in [2.75, 3.05) is 13.1 Å². The van der Waals surface area contributed by atoms with E-state index in [0.29, 0.717) is 33.5 Å². The zero-order chi connectivity index (χ0) is 23.6. The van der Waals surface area contributed by atoms with E-state index in [1.54, 1.807) is 6.07 Å². The summed E-state index contributed by atoms with van der Waals surface area (Å²) in [6.07, 6.45) is 4.29. The van der Waals surface area contributed by atoms with E-state index in [-0.39, 0.29) is 11.3 Å². The SMILES string of the molecule is Cc1noc(-c2ccccc2Cl)c1C(=O)N1CCC[C@H](CCc2ccc(C(C)(C)C)cc2)C1. The summed E-state index contributed by atoms with van der Waals surface area (Å²) in [5.41, 5.74) is 4.74. The van der Waals surface area contributed by atoms with E-state index in [9.17, 15) is 4.79 Å². The summed E-state index contributed by atoms with van der Waals surface area (Å²) in [5, 5.41) is 4.64. The summed E-state index contributed by atoms with van der Waals surface area (Å²) in [5.74, 6) is 0.945. The third-order valence-corrected chi connectivity index (χ3v) is 6.99. The lowest BCUT2D eigenvalue weighted by atomic mass is 9.86. The van der Waals surface area contributed by atoms with Crippen LogP contribution in [0.4, 0.5) is 0 Å². The van der Waals surface area contributed by atoms with Crippen LogP contribution >= 0.6 is 11.6 Å². The molecule has 3 aromatic rings. The average molecular weight is 465 g/mol. The molecule has 1 atom stereocenters. The van der Waals surface area contributed by atoms with Crippen LogP contribution < -0.4 is 0 Å². The Bertz CT molecular complexity index is 1110. The van der Waals surface area contributed by atoms with Gasteiger partial charge >= 0.3 is 0 Å². The summed E-state index contributed by atoms with van der Waals surface area (Å²) >= 11 is 6.37. The van der Waals surface area contributed by atoms with Crippen LogP contribution in [-0.4, -0.2) is 29.1 Å². The van der Waals surface area contributed by atoms with Crippen molar-refractivity contribution in [3.8, 4) is 11.3 Å². The number of nitrogens with zero attached hydrogens (tertiary/aromatic N) is 2. The molecule has 1 saturated heterocycles. The zero-order valence-electron chi connectivity index (χ0n) is 20.0. The fourth-order valence-electron chi connectivity index (χ4n) is 4.64. The van der Waals surface area contributed by atoms with Crippen molar-refractivity contribution in [2.24, 2.45) is 5.92 Å². The average Bonchev–Trinajstić information content (AvgIpc) is 3.18. The van der Waals surface area contributed by atoms with Gasteiger partial charge in [-0.3, -0.25) is 4.79 Å². The van der Waals surface area contributed by atoms with Crippen molar-refractivity contribution in [3.63, 3.8) is 0 Å². The van der Waals surface area contributed by atoms with Gasteiger partial charge in [-0.15, -0.1) is 0 Å². The molecule has 174 valence electrons. The van der Waals surface area contributed by atoms with Crippen LogP contribution in [-0.2, 0) is 11.8 Å². The van der Waals surface area contributed by atoms with Gasteiger partial charge in [-0.1, -0.05) is 73.9 Å². The van der Waals surface area contributed by atoms with Crippen LogP contribution in [0.15, 0.2) is 53.1 Å². The molecule has 0 N–H and O–H groups in total. The Kier molecular flexibility index (Phi) is 6.94. The largest absolute Gasteiger partial charge is 0.355 e. The van der Waals surface area contributed by atoms with Crippen LogP contribution in [0.25, 0.3) is 11.3 Å². The van der Waals surface area contributed by atoms with E-state index < -0.39 is 0 Å². The summed E-state index contributed by atoms with van der Waals surface area (Å²) in [4.78, 5) is 15.5. The Morgan fingerprint density at radius 3 is 2.58 bits per heavy atom. The first kappa shape index (κ1) is 23.6. The highest BCUT2D eigenvalue weighted by atomic mass is 35.5. The third-order valence-electron chi connectivity index (χ3n) is 6.66. The lowest BCUT2D eigenvalue weighted by Crippen LogP contribution is -2.40. The Morgan fingerprint density at radius 2 is 1.88 bits per heavy atom. The van der Waals surface area contributed by atoms with Crippen LogP contribution in [0.1, 0.15) is 67.2 Å². The minimum absolute atomic E-state index is 0.0112. The van der Waals surface area contributed by atoms with Gasteiger partial charge in [0.2, 0.25) is 0 Å². The van der Waals surface area contributed by atoms with Gasteiger partial charge in [0.15, 0.2) is 5.76 Å². The van der Waals surface area contributed by atoms with Crippen molar-refractivity contribution in [1.82, 2.24) is 10.1 Å². The second kappa shape index (κ2) is 9.72. The molecule has 0 bridgehead atoms. The van der Waals surface area contributed by atoms with Crippen molar-refractivity contribution < 1.29 is 9.32 Å². The number of carbonyl (C=O) groups is 1. The number of aryl methyl sites for hydroxylation is 2. The molecule has 4 nitrogen and oxygen atoms in total. The zero-order valence-corrected chi connectivity index (χ0v) is 20.8. The van der Waals surface area contributed by atoms with Crippen molar-refractivity contribution in [3.05, 3.63) is 75.9 Å². The summed E-state index contributed by atoms with van der Waals surface area (Å²) < 4.78 is 5.56. The maximum absolute atomic E-state index is 13.5. The minimum Gasteiger partial charge on any atom is -0.355 e. The maximum atomic E-state index is 13.5. The summed E-state index contributed by atoms with van der Waals surface area (Å²) in [6, 6.07) is 16.4. The van der Waals surface area contributed by atoms with Crippen molar-refractivity contribution >= 4 is 17.5 Å². The summed E-state index contributed by atoms with van der Waals surface area (Å²) in [6.45, 7) is 10.1. The van der Waals surface area contributed by atoms with Gasteiger partial charge in [-0.05, 0) is 67.2 Å². The molecule has 1 aliphatic rings. The molecule has 0 spiro atoms. The molecule has 1 amide bonds. The van der Waals surface area contributed by atoms with Gasteiger partial charge in [-0.2, -0.15) is 0 Å². The number of halogens is 1. The third kappa shape index (κ3) is 5.33. The molecule has 1 aliphatic heterocycles. The number of benzene rings is 2. The predicted molar refractivity (Wildman–Crippen MR) is 134 cm³/mol. The number of piperidine rings is 1. The second-order valence-corrected chi connectivity index (χ2v) is 10.6. The minimum atomic E-state index is -0.0112. The van der Waals surface area contributed by atoms with Crippen molar-refractivity contribution in [1.29, 1.82) is 0 Å². The van der Waals surface area contributed by atoms with Gasteiger partial charge in [0.1, 0.15) is 5.56 Å². The van der Waals surface area contributed by atoms with Crippen LogP contribution in [0.5, 0.6) is 0 Å². The Morgan fingerprint density at radius 1 is 1.15 bits per heavy atom. The van der Waals surface area contributed by atoms with Crippen LogP contribution in [0.2, 0.25) is 5.02 Å². The molecule has 0 unspecified atom stereocenters. The highest BCUT2D eigenvalue weighted by molar-refractivity contribution is 6.33. The first-order valence-electron chi connectivity index (χ1n) is 11.8. The number of rotatable bonds is 5. The molecule has 33 heavy (non-hydrogen) atoms. The highest BCUT2D eigenvalue weighted by Gasteiger charge is 2.30. The number of carbonyl (C=O) groups excluding carboxylic acids is 1. The number of hydrogen-bond donors (Lipinski definition) is 0. The van der Waals surface area contributed by atoms with Gasteiger partial charge in [0.05, 0.1) is 10.7 Å². The highest BCUT2D eigenvalue weighted by Crippen LogP contribution is 2.33. The summed E-state index contributed by atoms with van der Waals surface area (Å²) in [7, 11) is 0. The number of likely N-dealkylation sites (tertiary alicyclic amines) is 1. The number of hydrogen-bond acceptors (Lipinski definition) is 3. The topological polar surface area (TPSA) is 46.3 Å². The second-order valence-electron chi connectivity index (χ2n) is 10.2. The molecule has 2 heterocycles. The molecule has 0 aliphatic carbocycles. The Labute approximate surface area is 201 Å². The molecule has 1 fully saturated rings. The van der Waals surface area contributed by atoms with Gasteiger partial charge in [0, 0.05) is 18.7 Å². The van der Waals surface area contributed by atoms with E-state index in [1.165, 1.54) is 11.1 Å². The Balaban J connectivity index is 1.44. The molecular formula is C28H33ClN2O2. The molecule has 5 heteroatoms. The molecule has 4 rings (SSSR count). The Hall–Kier alpha value is -2.59. The quantitative estimate of drug-likeness (QED) is 0.405. The first-order valence-corrected chi connectivity index (χ1v) is 12.2. The van der Waals surface area contributed by atoms with Crippen LogP contribution in [0, 0.1) is 12.8 Å². The molecular weight excluding hydrogens is 432 g/mol. The number of aromatic nitrogens is 1. The standard InChI is InChI=1S/C28H33ClN2O2/c1-19-25(26(33-30-19)23-9-5-6-10-24(23)29)27(32)31-17-7-8-21(18-31)12-11-20-13-15-22(16-14-20)28(2,3)4/h5-6,9-10,13-16,21H,7-8,11-12,17-18H2,1-4H3/t21-/m1/s1. The van der Waals surface area contributed by atoms with Gasteiger partial charge in [-0.25, -0.2) is 0 Å². The normalized spacial score (nSPS) is 16.8. The monoisotopic (exact) mass is 464 g/mol. The lowest BCUT2D eigenvalue weighted by Gasteiger charge is -2.33. The fraction of sp³-hybridized carbons (Fsp3) is 0.429.